The van der Waals surface area contributed by atoms with E-state index in [1.165, 1.54) is 18.2 Å². The lowest BCUT2D eigenvalue weighted by Crippen LogP contribution is -1.93. The summed E-state index contributed by atoms with van der Waals surface area (Å²) in [4.78, 5) is 24.2. The maximum absolute atomic E-state index is 12.9. The Morgan fingerprint density at radius 3 is 2.87 bits per heavy atom. The largest absolute Gasteiger partial charge is 0.310 e. The van der Waals surface area contributed by atoms with Gasteiger partial charge in [-0.15, -0.1) is 0 Å². The van der Waals surface area contributed by atoms with E-state index in [4.69, 9.17) is 0 Å². The smallest absolute Gasteiger partial charge is 0.305 e. The molecule has 2 rings (SSSR count). The molecule has 0 spiro atoms. The maximum Gasteiger partial charge on any atom is 0.305 e. The normalized spacial score (nSPS) is 10.2. The third kappa shape index (κ3) is 1.87. The molecule has 0 unspecified atom stereocenters. The molecule has 0 aliphatic heterocycles. The van der Waals surface area contributed by atoms with Gasteiger partial charge >= 0.3 is 4.87 Å². The summed E-state index contributed by atoms with van der Waals surface area (Å²) in [6.07, 6.45) is 0.554. The molecule has 0 bridgehead atoms. The van der Waals surface area contributed by atoms with Crippen LogP contribution in [-0.4, -0.2) is 11.3 Å². The highest BCUT2D eigenvalue weighted by Gasteiger charge is 2.09. The lowest BCUT2D eigenvalue weighted by atomic mass is 10.1. The molecule has 0 aliphatic rings. The zero-order chi connectivity index (χ0) is 10.8. The molecule has 0 radical (unpaired) electrons. The van der Waals surface area contributed by atoms with Gasteiger partial charge in [0.25, 0.3) is 0 Å². The molecule has 2 aromatic rings. The third-order valence-corrected chi connectivity index (χ3v) is 2.83. The van der Waals surface area contributed by atoms with Crippen molar-refractivity contribution in [3.05, 3.63) is 45.4 Å². The molecular formula is C10H6FNO2S. The van der Waals surface area contributed by atoms with Crippen LogP contribution >= 0.6 is 11.3 Å². The van der Waals surface area contributed by atoms with E-state index in [0.717, 1.165) is 11.3 Å². The van der Waals surface area contributed by atoms with Crippen molar-refractivity contribution in [3.63, 3.8) is 0 Å². The lowest BCUT2D eigenvalue weighted by molar-refractivity contribution is 0.112. The van der Waals surface area contributed by atoms with Crippen molar-refractivity contribution < 1.29 is 9.18 Å². The molecule has 0 saturated heterocycles. The minimum atomic E-state index is -0.398. The first-order valence-corrected chi connectivity index (χ1v) is 4.96. The number of halogens is 1. The van der Waals surface area contributed by atoms with Crippen LogP contribution in [0.5, 0.6) is 0 Å². The zero-order valence-corrected chi connectivity index (χ0v) is 8.31. The highest BCUT2D eigenvalue weighted by atomic mass is 32.1. The molecule has 15 heavy (non-hydrogen) atoms. The fourth-order valence-electron chi connectivity index (χ4n) is 1.27. The van der Waals surface area contributed by atoms with E-state index >= 15 is 0 Å². The second kappa shape index (κ2) is 3.78. The van der Waals surface area contributed by atoms with Gasteiger partial charge in [-0.2, -0.15) is 0 Å². The van der Waals surface area contributed by atoms with E-state index in [0.29, 0.717) is 16.7 Å². The number of benzene rings is 1. The van der Waals surface area contributed by atoms with Gasteiger partial charge in [0.15, 0.2) is 6.29 Å². The van der Waals surface area contributed by atoms with Crippen molar-refractivity contribution in [2.45, 2.75) is 0 Å². The first-order chi connectivity index (χ1) is 7.20. The van der Waals surface area contributed by atoms with E-state index in [1.54, 1.807) is 6.07 Å². The molecule has 0 fully saturated rings. The number of nitrogens with one attached hydrogen (secondary N) is 1. The lowest BCUT2D eigenvalue weighted by Gasteiger charge is -1.97. The summed E-state index contributed by atoms with van der Waals surface area (Å²) in [6.45, 7) is 0. The molecule has 1 aromatic heterocycles. The number of aromatic amines is 1. The number of carbonyl (C=O) groups is 1. The second-order valence-corrected chi connectivity index (χ2v) is 3.87. The van der Waals surface area contributed by atoms with Crippen LogP contribution in [0.25, 0.3) is 10.4 Å². The Hall–Kier alpha value is -1.75. The Morgan fingerprint density at radius 1 is 1.40 bits per heavy atom. The van der Waals surface area contributed by atoms with Gasteiger partial charge in [0.2, 0.25) is 0 Å². The van der Waals surface area contributed by atoms with Crippen molar-refractivity contribution in [2.75, 3.05) is 0 Å². The molecule has 1 N–H and O–H groups in total. The molecule has 5 heteroatoms. The van der Waals surface area contributed by atoms with E-state index in [2.05, 4.69) is 4.98 Å². The van der Waals surface area contributed by atoms with Gasteiger partial charge in [0, 0.05) is 0 Å². The van der Waals surface area contributed by atoms with Crippen molar-refractivity contribution in [1.29, 1.82) is 0 Å². The van der Waals surface area contributed by atoms with Crippen LogP contribution in [0.15, 0.2) is 29.1 Å². The summed E-state index contributed by atoms with van der Waals surface area (Å²) in [5, 5.41) is 0. The summed E-state index contributed by atoms with van der Waals surface area (Å²) in [5.41, 5.74) is 0.719. The third-order valence-electron chi connectivity index (χ3n) is 1.88. The summed E-state index contributed by atoms with van der Waals surface area (Å²) in [5.74, 6) is -0.398. The van der Waals surface area contributed by atoms with Crippen LogP contribution in [0.1, 0.15) is 10.5 Å². The number of rotatable bonds is 2. The maximum atomic E-state index is 12.9. The summed E-state index contributed by atoms with van der Waals surface area (Å²) in [7, 11) is 0. The van der Waals surface area contributed by atoms with Crippen LogP contribution in [0, 0.1) is 5.82 Å². The van der Waals surface area contributed by atoms with Crippen LogP contribution in [0.3, 0.4) is 0 Å². The first-order valence-electron chi connectivity index (χ1n) is 4.15. The first kappa shape index (κ1) is 9.79. The monoisotopic (exact) mass is 223 g/mol. The van der Waals surface area contributed by atoms with Gasteiger partial charge in [-0.3, -0.25) is 9.59 Å². The fraction of sp³-hybridized carbons (Fsp3) is 0. The van der Waals surface area contributed by atoms with Gasteiger partial charge in [0.05, 0.1) is 4.88 Å². The molecule has 1 heterocycles. The van der Waals surface area contributed by atoms with Crippen molar-refractivity contribution in [1.82, 2.24) is 4.98 Å². The van der Waals surface area contributed by atoms with E-state index in [1.807, 2.05) is 0 Å². The average Bonchev–Trinajstić information content (AvgIpc) is 2.59. The molecular weight excluding hydrogens is 217 g/mol. The molecule has 0 atom stereocenters. The molecule has 0 saturated carbocycles. The minimum absolute atomic E-state index is 0.190. The summed E-state index contributed by atoms with van der Waals surface area (Å²) >= 11 is 0.892. The number of H-pyrrole nitrogens is 1. The quantitative estimate of drug-likeness (QED) is 0.792. The zero-order valence-electron chi connectivity index (χ0n) is 7.49. The van der Waals surface area contributed by atoms with E-state index in [9.17, 15) is 14.0 Å². The van der Waals surface area contributed by atoms with E-state index in [-0.39, 0.29) is 10.6 Å². The number of thiazole rings is 1. The highest BCUT2D eigenvalue weighted by Crippen LogP contribution is 2.24. The highest BCUT2D eigenvalue weighted by molar-refractivity contribution is 7.13. The number of aromatic nitrogens is 1. The SMILES string of the molecule is O=Cc1[nH]c(=O)sc1-c1cccc(F)c1. The standard InChI is InChI=1S/C10H6FNO2S/c11-7-3-1-2-6(4-7)9-8(5-13)12-10(14)15-9/h1-5H,(H,12,14). The molecule has 76 valence electrons. The van der Waals surface area contributed by atoms with Gasteiger partial charge in [0.1, 0.15) is 11.5 Å². The summed E-state index contributed by atoms with van der Waals surface area (Å²) < 4.78 is 12.9. The average molecular weight is 223 g/mol. The van der Waals surface area contributed by atoms with Gasteiger partial charge in [-0.05, 0) is 17.7 Å². The number of carbonyl (C=O) groups excluding carboxylic acids is 1. The van der Waals surface area contributed by atoms with E-state index < -0.39 is 5.82 Å². The second-order valence-electron chi connectivity index (χ2n) is 2.89. The Morgan fingerprint density at radius 2 is 2.20 bits per heavy atom. The molecule has 1 aromatic carbocycles. The number of hydrogen-bond donors (Lipinski definition) is 1. The van der Waals surface area contributed by atoms with Crippen molar-refractivity contribution >= 4 is 17.6 Å². The topological polar surface area (TPSA) is 49.9 Å². The van der Waals surface area contributed by atoms with Crippen molar-refractivity contribution in [2.24, 2.45) is 0 Å². The van der Waals surface area contributed by atoms with Crippen molar-refractivity contribution in [3.8, 4) is 10.4 Å². The van der Waals surface area contributed by atoms with Crippen LogP contribution in [-0.2, 0) is 0 Å². The van der Waals surface area contributed by atoms with Crippen LogP contribution in [0.2, 0.25) is 0 Å². The summed E-state index contributed by atoms with van der Waals surface area (Å²) in [6, 6.07) is 5.77. The van der Waals surface area contributed by atoms with Gasteiger partial charge < -0.3 is 4.98 Å². The Kier molecular flexibility index (Phi) is 2.47. The Labute approximate surface area is 88.2 Å². The predicted octanol–water partition coefficient (Wildman–Crippen LogP) is 2.05. The fourth-order valence-corrected chi connectivity index (χ4v) is 2.07. The Balaban J connectivity index is 2.62. The van der Waals surface area contributed by atoms with Crippen LogP contribution < -0.4 is 4.87 Å². The number of aldehydes is 1. The molecule has 3 nitrogen and oxygen atoms in total. The Bertz CT molecular complexity index is 559. The van der Waals surface area contributed by atoms with Gasteiger partial charge in [-0.1, -0.05) is 23.5 Å². The van der Waals surface area contributed by atoms with Crippen LogP contribution in [0.4, 0.5) is 4.39 Å². The molecule has 0 amide bonds. The number of hydrogen-bond acceptors (Lipinski definition) is 3. The molecule has 0 aliphatic carbocycles. The van der Waals surface area contributed by atoms with Gasteiger partial charge in [-0.25, -0.2) is 4.39 Å². The minimum Gasteiger partial charge on any atom is -0.310 e. The predicted molar refractivity (Wildman–Crippen MR) is 55.7 cm³/mol.